The molecule has 0 saturated heterocycles. The van der Waals surface area contributed by atoms with Gasteiger partial charge >= 0.3 is 0 Å². The van der Waals surface area contributed by atoms with Crippen molar-refractivity contribution in [2.45, 2.75) is 57.7 Å². The monoisotopic (exact) mass is 486 g/mol. The van der Waals surface area contributed by atoms with Crippen molar-refractivity contribution in [3.63, 3.8) is 0 Å². The van der Waals surface area contributed by atoms with Crippen LogP contribution in [0.25, 0.3) is 0 Å². The molecule has 4 rings (SSSR count). The Hall–Kier alpha value is -3.31. The summed E-state index contributed by atoms with van der Waals surface area (Å²) in [6.45, 7) is 4.27. The number of primary amides is 1. The number of anilines is 3. The van der Waals surface area contributed by atoms with E-state index in [1.54, 1.807) is 13.0 Å². The summed E-state index contributed by atoms with van der Waals surface area (Å²) in [7, 11) is 0. The van der Waals surface area contributed by atoms with Crippen LogP contribution in [0, 0.1) is 5.82 Å². The molecule has 0 aliphatic heterocycles. The van der Waals surface area contributed by atoms with Gasteiger partial charge in [0.15, 0.2) is 5.13 Å². The lowest BCUT2D eigenvalue weighted by atomic mass is 10.0. The van der Waals surface area contributed by atoms with Gasteiger partial charge in [-0.3, -0.25) is 9.59 Å². The van der Waals surface area contributed by atoms with E-state index in [2.05, 4.69) is 22.4 Å². The summed E-state index contributed by atoms with van der Waals surface area (Å²) in [5.41, 5.74) is 12.8. The van der Waals surface area contributed by atoms with Crippen LogP contribution < -0.4 is 21.7 Å². The number of nitrogen functional groups attached to an aromatic ring is 1. The smallest absolute Gasteiger partial charge is 0.244 e. The predicted molar refractivity (Wildman–Crippen MR) is 127 cm³/mol. The minimum absolute atomic E-state index is 0.0108. The number of amides is 1. The maximum Gasteiger partial charge on any atom is 0.244 e. The SMILES string of the molecule is CC(C(N)=O)N(c1ccc(F)cc1)c1nc(N)c(C(=O)c2cc(CNC3(C)CCCC3)no2)s1. The van der Waals surface area contributed by atoms with Crippen LogP contribution in [-0.2, 0) is 11.3 Å². The first-order chi connectivity index (χ1) is 16.2. The Morgan fingerprint density at radius 1 is 1.29 bits per heavy atom. The number of halogens is 1. The number of rotatable bonds is 9. The molecule has 3 aromatic rings. The molecule has 1 aromatic carbocycles. The number of ketones is 1. The molecule has 2 aromatic heterocycles. The average molecular weight is 487 g/mol. The van der Waals surface area contributed by atoms with Gasteiger partial charge in [0, 0.05) is 23.8 Å². The Balaban J connectivity index is 1.56. The van der Waals surface area contributed by atoms with Gasteiger partial charge in [-0.05, 0) is 51.0 Å². The van der Waals surface area contributed by atoms with Crippen molar-refractivity contribution >= 4 is 39.7 Å². The fourth-order valence-electron chi connectivity index (χ4n) is 4.06. The molecule has 1 amide bonds. The van der Waals surface area contributed by atoms with E-state index in [9.17, 15) is 14.0 Å². The number of hydrogen-bond acceptors (Lipinski definition) is 9. The van der Waals surface area contributed by atoms with Crippen LogP contribution in [0.4, 0.5) is 21.0 Å². The van der Waals surface area contributed by atoms with Gasteiger partial charge in [0.2, 0.25) is 17.5 Å². The van der Waals surface area contributed by atoms with Gasteiger partial charge in [-0.25, -0.2) is 9.37 Å². The summed E-state index contributed by atoms with van der Waals surface area (Å²) in [6.07, 6.45) is 4.60. The zero-order valence-electron chi connectivity index (χ0n) is 19.0. The van der Waals surface area contributed by atoms with Crippen LogP contribution in [0.2, 0.25) is 0 Å². The van der Waals surface area contributed by atoms with Gasteiger partial charge in [0.05, 0.1) is 5.69 Å². The first-order valence-corrected chi connectivity index (χ1v) is 11.8. The third kappa shape index (κ3) is 4.95. The second kappa shape index (κ2) is 9.51. The lowest BCUT2D eigenvalue weighted by Gasteiger charge is -2.26. The number of nitrogens with two attached hydrogens (primary N) is 2. The highest BCUT2D eigenvalue weighted by molar-refractivity contribution is 7.18. The van der Waals surface area contributed by atoms with Gasteiger partial charge in [0.1, 0.15) is 22.6 Å². The quantitative estimate of drug-likeness (QED) is 0.390. The van der Waals surface area contributed by atoms with Crippen LogP contribution in [0.5, 0.6) is 0 Å². The van der Waals surface area contributed by atoms with E-state index in [-0.39, 0.29) is 27.1 Å². The highest BCUT2D eigenvalue weighted by Crippen LogP contribution is 2.36. The van der Waals surface area contributed by atoms with Crippen LogP contribution in [0.1, 0.15) is 60.7 Å². The van der Waals surface area contributed by atoms with Crippen molar-refractivity contribution in [3.8, 4) is 0 Å². The summed E-state index contributed by atoms with van der Waals surface area (Å²) in [5.74, 6) is -1.47. The number of benzene rings is 1. The number of thiazole rings is 1. The third-order valence-corrected chi connectivity index (χ3v) is 7.21. The fourth-order valence-corrected chi connectivity index (χ4v) is 5.10. The summed E-state index contributed by atoms with van der Waals surface area (Å²) >= 11 is 0.993. The molecular weight excluding hydrogens is 459 g/mol. The second-order valence-corrected chi connectivity index (χ2v) is 9.75. The van der Waals surface area contributed by atoms with E-state index in [0.717, 1.165) is 24.2 Å². The average Bonchev–Trinajstić information content (AvgIpc) is 3.54. The molecular formula is C23H27FN6O3S. The minimum Gasteiger partial charge on any atom is -0.382 e. The number of carbonyl (C=O) groups is 2. The number of carbonyl (C=O) groups excluding carboxylic acids is 2. The summed E-state index contributed by atoms with van der Waals surface area (Å²) in [4.78, 5) is 31.0. The molecule has 11 heteroatoms. The van der Waals surface area contributed by atoms with Crippen molar-refractivity contribution in [1.29, 1.82) is 0 Å². The molecule has 34 heavy (non-hydrogen) atoms. The molecule has 1 unspecified atom stereocenters. The molecule has 9 nitrogen and oxygen atoms in total. The van der Waals surface area contributed by atoms with Gasteiger partial charge < -0.3 is 26.2 Å². The van der Waals surface area contributed by atoms with E-state index >= 15 is 0 Å². The van der Waals surface area contributed by atoms with Crippen LogP contribution in [0.3, 0.4) is 0 Å². The zero-order valence-corrected chi connectivity index (χ0v) is 19.8. The number of nitrogens with zero attached hydrogens (tertiary/aromatic N) is 3. The molecule has 0 radical (unpaired) electrons. The molecule has 180 valence electrons. The predicted octanol–water partition coefficient (Wildman–Crippen LogP) is 3.52. The van der Waals surface area contributed by atoms with Gasteiger partial charge in [0.25, 0.3) is 0 Å². The van der Waals surface area contributed by atoms with Gasteiger partial charge in [-0.15, -0.1) is 0 Å². The Kier molecular flexibility index (Phi) is 6.67. The fraction of sp³-hybridized carbons (Fsp3) is 0.391. The number of hydrogen-bond donors (Lipinski definition) is 3. The van der Waals surface area contributed by atoms with E-state index in [0.29, 0.717) is 17.9 Å². The van der Waals surface area contributed by atoms with E-state index in [1.165, 1.54) is 42.0 Å². The van der Waals surface area contributed by atoms with Crippen molar-refractivity contribution in [3.05, 3.63) is 52.5 Å². The van der Waals surface area contributed by atoms with Gasteiger partial charge in [-0.2, -0.15) is 0 Å². The maximum absolute atomic E-state index is 13.4. The lowest BCUT2D eigenvalue weighted by Crippen LogP contribution is -2.39. The van der Waals surface area contributed by atoms with Crippen molar-refractivity contribution in [1.82, 2.24) is 15.5 Å². The van der Waals surface area contributed by atoms with Crippen LogP contribution in [0.15, 0.2) is 34.9 Å². The third-order valence-electron chi connectivity index (χ3n) is 6.14. The summed E-state index contributed by atoms with van der Waals surface area (Å²) in [6, 6.07) is 6.28. The van der Waals surface area contributed by atoms with E-state index in [4.69, 9.17) is 16.0 Å². The molecule has 0 bridgehead atoms. The minimum atomic E-state index is -0.820. The molecule has 2 heterocycles. The standard InChI is InChI=1S/C23H27FN6O3S/c1-13(21(26)32)30(16-7-5-14(24)6-8-16)22-28-20(25)19(34-22)18(31)17-11-15(29-33-17)12-27-23(2)9-3-4-10-23/h5-8,11,13,27H,3-4,9-10,12,25H2,1-2H3,(H2,26,32). The van der Waals surface area contributed by atoms with E-state index < -0.39 is 23.5 Å². The molecule has 0 spiro atoms. The van der Waals surface area contributed by atoms with Crippen molar-refractivity contribution in [2.75, 3.05) is 10.6 Å². The molecule has 1 saturated carbocycles. The van der Waals surface area contributed by atoms with E-state index in [1.807, 2.05) is 0 Å². The number of nitrogens with one attached hydrogen (secondary N) is 1. The Bertz CT molecular complexity index is 1190. The zero-order chi connectivity index (χ0) is 24.5. The molecule has 1 aliphatic rings. The molecule has 1 atom stereocenters. The molecule has 5 N–H and O–H groups in total. The van der Waals surface area contributed by atoms with Crippen LogP contribution in [-0.4, -0.2) is 33.4 Å². The maximum atomic E-state index is 13.4. The van der Waals surface area contributed by atoms with Crippen molar-refractivity contribution < 1.29 is 18.5 Å². The molecule has 1 fully saturated rings. The Morgan fingerprint density at radius 3 is 2.62 bits per heavy atom. The summed E-state index contributed by atoms with van der Waals surface area (Å²) in [5, 5.41) is 7.78. The first kappa shape index (κ1) is 23.8. The highest BCUT2D eigenvalue weighted by Gasteiger charge is 2.30. The summed E-state index contributed by atoms with van der Waals surface area (Å²) < 4.78 is 18.7. The molecule has 1 aliphatic carbocycles. The van der Waals surface area contributed by atoms with Crippen molar-refractivity contribution in [2.24, 2.45) is 5.73 Å². The highest BCUT2D eigenvalue weighted by atomic mass is 32.1. The topological polar surface area (TPSA) is 140 Å². The Labute approximate surface area is 200 Å². The van der Waals surface area contributed by atoms with Crippen LogP contribution >= 0.6 is 11.3 Å². The second-order valence-electron chi connectivity index (χ2n) is 8.77. The number of aromatic nitrogens is 2. The largest absolute Gasteiger partial charge is 0.382 e. The Morgan fingerprint density at radius 2 is 1.97 bits per heavy atom. The normalized spacial score (nSPS) is 15.9. The lowest BCUT2D eigenvalue weighted by molar-refractivity contribution is -0.118. The first-order valence-electron chi connectivity index (χ1n) is 11.0. The van der Waals surface area contributed by atoms with Gasteiger partial charge in [-0.1, -0.05) is 29.3 Å².